The number of anilines is 3. The van der Waals surface area contributed by atoms with Gasteiger partial charge in [0.1, 0.15) is 0 Å². The van der Waals surface area contributed by atoms with Crippen molar-refractivity contribution in [1.29, 1.82) is 0 Å². The van der Waals surface area contributed by atoms with E-state index in [0.717, 1.165) is 23.7 Å². The van der Waals surface area contributed by atoms with Crippen LogP contribution < -0.4 is 4.90 Å². The van der Waals surface area contributed by atoms with Crippen molar-refractivity contribution in [1.82, 2.24) is 0 Å². The lowest BCUT2D eigenvalue weighted by molar-refractivity contribution is 0.0425. The van der Waals surface area contributed by atoms with Crippen LogP contribution in [0.4, 0.5) is 17.1 Å². The number of benzene rings is 8. The number of hydrogen-bond acceptors (Lipinski definition) is 1. The summed E-state index contributed by atoms with van der Waals surface area (Å²) in [6, 6.07) is 68.4. The lowest BCUT2D eigenvalue weighted by Gasteiger charge is -2.54. The molecule has 4 fully saturated rings. The van der Waals surface area contributed by atoms with Crippen molar-refractivity contribution in [3.05, 3.63) is 198 Å². The highest BCUT2D eigenvalue weighted by molar-refractivity contribution is 6.07. The molecule has 0 saturated heterocycles. The molecule has 6 aliphatic rings. The molecule has 2 spiro atoms. The Kier molecular flexibility index (Phi) is 9.48. The van der Waals surface area contributed by atoms with Gasteiger partial charge in [-0.1, -0.05) is 167 Å². The smallest absolute Gasteiger partial charge is 0.0540 e. The van der Waals surface area contributed by atoms with E-state index in [1.807, 2.05) is 0 Å². The van der Waals surface area contributed by atoms with Gasteiger partial charge < -0.3 is 4.90 Å². The van der Waals surface area contributed by atoms with E-state index in [4.69, 9.17) is 0 Å². The average Bonchev–Trinajstić information content (AvgIpc) is 3.84. The Hall–Kier alpha value is -6.18. The van der Waals surface area contributed by atoms with Crippen molar-refractivity contribution < 1.29 is 0 Å². The summed E-state index contributed by atoms with van der Waals surface area (Å²) in [4.78, 5) is 2.56. The van der Waals surface area contributed by atoms with Crippen LogP contribution in [0.1, 0.15) is 101 Å². The molecule has 342 valence electrons. The van der Waals surface area contributed by atoms with Gasteiger partial charge in [-0.15, -0.1) is 0 Å². The highest BCUT2D eigenvalue weighted by Gasteiger charge is 2.58. The molecule has 0 radical (unpaired) electrons. The van der Waals surface area contributed by atoms with Gasteiger partial charge in [0.2, 0.25) is 0 Å². The summed E-state index contributed by atoms with van der Waals surface area (Å²) in [5.41, 5.74) is 21.0. The first kappa shape index (κ1) is 41.8. The van der Waals surface area contributed by atoms with Crippen LogP contribution in [0.2, 0.25) is 0 Å². The summed E-state index contributed by atoms with van der Waals surface area (Å²) >= 11 is 0. The zero-order chi connectivity index (χ0) is 46.2. The maximum atomic E-state index is 2.59. The van der Waals surface area contributed by atoms with Gasteiger partial charge >= 0.3 is 0 Å². The molecule has 0 aliphatic heterocycles. The molecule has 6 aliphatic carbocycles. The maximum Gasteiger partial charge on any atom is 0.0540 e. The van der Waals surface area contributed by atoms with Gasteiger partial charge in [-0.25, -0.2) is 0 Å². The zero-order valence-electron chi connectivity index (χ0n) is 41.0. The topological polar surface area (TPSA) is 3.24 Å². The highest BCUT2D eigenvalue weighted by Crippen LogP contribution is 2.67. The molecule has 0 heterocycles. The highest BCUT2D eigenvalue weighted by atomic mass is 15.1. The summed E-state index contributed by atoms with van der Waals surface area (Å²) in [6.45, 7) is 10.2. The largest absolute Gasteiger partial charge is 0.310 e. The molecule has 1 heteroatoms. The van der Waals surface area contributed by atoms with Gasteiger partial charge in [-0.05, 0) is 207 Å². The Morgan fingerprint density at radius 3 is 1.48 bits per heavy atom. The Bertz CT molecular complexity index is 3300. The Balaban J connectivity index is 0.928. The van der Waals surface area contributed by atoms with Crippen LogP contribution in [0.3, 0.4) is 0 Å². The second kappa shape index (κ2) is 15.7. The lowest BCUT2D eigenvalue weighted by atomic mass is 9.49. The van der Waals surface area contributed by atoms with Crippen molar-refractivity contribution >= 4 is 27.8 Å². The van der Waals surface area contributed by atoms with E-state index in [2.05, 4.69) is 209 Å². The minimum Gasteiger partial charge on any atom is -0.310 e. The molecule has 8 aromatic carbocycles. The number of hydrogen-bond donors (Lipinski definition) is 0. The van der Waals surface area contributed by atoms with Crippen LogP contribution in [-0.4, -0.2) is 0 Å². The molecule has 3 unspecified atom stereocenters. The summed E-state index contributed by atoms with van der Waals surface area (Å²) < 4.78 is 0. The first-order valence-corrected chi connectivity index (χ1v) is 26.8. The second-order valence-electron chi connectivity index (χ2n) is 23.3. The minimum atomic E-state index is 0.0639. The molecule has 0 aromatic heterocycles. The zero-order valence-corrected chi connectivity index (χ0v) is 41.0. The predicted molar refractivity (Wildman–Crippen MR) is 289 cm³/mol. The van der Waals surface area contributed by atoms with Crippen molar-refractivity contribution in [3.8, 4) is 44.5 Å². The summed E-state index contributed by atoms with van der Waals surface area (Å²) in [5.74, 6) is 5.91. The van der Waals surface area contributed by atoms with Gasteiger partial charge in [0.05, 0.1) is 5.69 Å². The van der Waals surface area contributed by atoms with Crippen LogP contribution in [0.15, 0.2) is 176 Å². The molecule has 0 amide bonds. The van der Waals surface area contributed by atoms with Gasteiger partial charge in [0, 0.05) is 27.6 Å². The van der Waals surface area contributed by atoms with Crippen LogP contribution in [0.25, 0.3) is 55.3 Å². The predicted octanol–water partition coefficient (Wildman–Crippen LogP) is 18.4. The van der Waals surface area contributed by atoms with Crippen molar-refractivity contribution in [2.24, 2.45) is 47.3 Å². The first-order valence-electron chi connectivity index (χ1n) is 26.8. The average molecular weight is 896 g/mol. The van der Waals surface area contributed by atoms with E-state index in [1.54, 1.807) is 22.3 Å². The van der Waals surface area contributed by atoms with Crippen LogP contribution >= 0.6 is 0 Å². The lowest BCUT2D eigenvalue weighted by Crippen LogP contribution is -2.49. The van der Waals surface area contributed by atoms with E-state index in [9.17, 15) is 0 Å². The first-order chi connectivity index (χ1) is 33.8. The quantitative estimate of drug-likeness (QED) is 0.166. The van der Waals surface area contributed by atoms with Crippen LogP contribution in [0, 0.1) is 47.3 Å². The fourth-order valence-electron chi connectivity index (χ4n) is 17.3. The van der Waals surface area contributed by atoms with E-state index in [0.29, 0.717) is 23.7 Å². The van der Waals surface area contributed by atoms with Crippen molar-refractivity contribution in [2.75, 3.05) is 4.90 Å². The van der Waals surface area contributed by atoms with Crippen molar-refractivity contribution in [3.63, 3.8) is 0 Å². The van der Waals surface area contributed by atoms with Gasteiger partial charge in [-0.3, -0.25) is 0 Å². The minimum absolute atomic E-state index is 0.0639. The monoisotopic (exact) mass is 896 g/mol. The Labute approximate surface area is 410 Å². The summed E-state index contributed by atoms with van der Waals surface area (Å²) in [5, 5.41) is 2.56. The fraction of sp³-hybridized carbons (Fsp3) is 0.324. The number of nitrogens with zero attached hydrogens (tertiary/aromatic N) is 1. The fourth-order valence-corrected chi connectivity index (χ4v) is 17.3. The van der Waals surface area contributed by atoms with Gasteiger partial charge in [0.15, 0.2) is 0 Å². The molecule has 0 N–H and O–H groups in total. The molecule has 1 nitrogen and oxygen atoms in total. The molecular weight excluding hydrogens is 831 g/mol. The molecule has 69 heavy (non-hydrogen) atoms. The summed E-state index contributed by atoms with van der Waals surface area (Å²) in [6.07, 6.45) is 10.9. The van der Waals surface area contributed by atoms with E-state index >= 15 is 0 Å². The Morgan fingerprint density at radius 1 is 0.348 bits per heavy atom. The normalized spacial score (nSPS) is 29.1. The van der Waals surface area contributed by atoms with Crippen molar-refractivity contribution in [2.45, 2.75) is 89.9 Å². The third kappa shape index (κ3) is 6.01. The Morgan fingerprint density at radius 2 is 0.841 bits per heavy atom. The van der Waals surface area contributed by atoms with E-state index in [-0.39, 0.29) is 10.8 Å². The van der Waals surface area contributed by atoms with E-state index < -0.39 is 0 Å². The number of rotatable bonds is 5. The molecular formula is C68H65N. The van der Waals surface area contributed by atoms with Gasteiger partial charge in [-0.2, -0.15) is 0 Å². The third-order valence-corrected chi connectivity index (χ3v) is 19.5. The molecule has 14 rings (SSSR count). The SMILES string of the molecule is C[C@@H]1CC2CC(C1)[C@@]1(c3ccccc3-c3cc(N(c4ccc(-c5ccccc5)cc4)c4ccc(-c5ccc6c(c5)-c5ccccc5[C@]65[C@H]6CC(C[C@@H](C)C6)C[C@@H]5C)c5ccccc45)ccc31)[C@@H](C)C2. The molecule has 4 saturated carbocycles. The second-order valence-corrected chi connectivity index (χ2v) is 23.3. The molecule has 8 aromatic rings. The van der Waals surface area contributed by atoms with Gasteiger partial charge in [0.25, 0.3) is 0 Å². The van der Waals surface area contributed by atoms with Crippen LogP contribution in [0.5, 0.6) is 0 Å². The number of fused-ring (bicyclic) bond motifs is 17. The molecule has 4 bridgehead atoms. The van der Waals surface area contributed by atoms with Crippen LogP contribution in [-0.2, 0) is 10.8 Å². The maximum absolute atomic E-state index is 2.59. The summed E-state index contributed by atoms with van der Waals surface area (Å²) in [7, 11) is 0. The molecule has 10 atom stereocenters. The van der Waals surface area contributed by atoms with E-state index in [1.165, 1.54) is 124 Å². The third-order valence-electron chi connectivity index (χ3n) is 19.5. The standard InChI is InChI=1S/C68H65N/c1-42-32-46-36-44(3)67(51(34-42)38-46)62-20-12-10-17-57(62)60-40-50(24-29-64(60)67)55-28-31-66(59-19-9-8-16-56(55)59)69(53-25-22-49(23-26-53)48-14-6-5-7-15-48)54-27-30-65-61(41-54)58-18-11-13-21-63(58)68(65)45(4)37-47-33-43(2)35-52(68)39-47/h5-31,40-47,51-52H,32-39H2,1-4H3/t42-,43-,44+,45+,46?,47?,51-,52?,67+,68-/m1/s1.